The summed E-state index contributed by atoms with van der Waals surface area (Å²) in [5.41, 5.74) is 4.80. The Hall–Kier alpha value is -2.23. The molecule has 92 valence electrons. The third-order valence-electron chi connectivity index (χ3n) is 2.46. The third-order valence-corrected chi connectivity index (χ3v) is 2.46. The van der Waals surface area contributed by atoms with Crippen molar-refractivity contribution in [2.75, 3.05) is 5.43 Å². The average Bonchev–Trinajstić information content (AvgIpc) is 2.40. The van der Waals surface area contributed by atoms with E-state index in [9.17, 15) is 8.78 Å². The number of benzene rings is 2. The van der Waals surface area contributed by atoms with Crippen LogP contribution in [0.3, 0.4) is 0 Å². The van der Waals surface area contributed by atoms with Gasteiger partial charge in [0.2, 0.25) is 0 Å². The Morgan fingerprint density at radius 2 is 1.72 bits per heavy atom. The van der Waals surface area contributed by atoms with E-state index in [0.29, 0.717) is 11.3 Å². The molecule has 0 aliphatic carbocycles. The van der Waals surface area contributed by atoms with Crippen LogP contribution in [-0.4, -0.2) is 5.71 Å². The van der Waals surface area contributed by atoms with Gasteiger partial charge in [0.05, 0.1) is 11.4 Å². The maximum atomic E-state index is 13.1. The summed E-state index contributed by atoms with van der Waals surface area (Å²) in [6.45, 7) is 1.72. The van der Waals surface area contributed by atoms with Crippen LogP contribution in [0.5, 0.6) is 0 Å². The smallest absolute Gasteiger partial charge is 0.159 e. The van der Waals surface area contributed by atoms with Crippen molar-refractivity contribution in [3.8, 4) is 0 Å². The highest BCUT2D eigenvalue weighted by atomic mass is 19.2. The van der Waals surface area contributed by atoms with Crippen molar-refractivity contribution in [2.24, 2.45) is 5.10 Å². The Labute approximate surface area is 104 Å². The van der Waals surface area contributed by atoms with Crippen LogP contribution in [-0.2, 0) is 0 Å². The van der Waals surface area contributed by atoms with E-state index in [-0.39, 0.29) is 0 Å². The van der Waals surface area contributed by atoms with Crippen LogP contribution in [0.4, 0.5) is 14.5 Å². The van der Waals surface area contributed by atoms with Gasteiger partial charge in [-0.3, -0.25) is 5.43 Å². The largest absolute Gasteiger partial charge is 0.278 e. The molecule has 18 heavy (non-hydrogen) atoms. The van der Waals surface area contributed by atoms with Gasteiger partial charge >= 0.3 is 0 Å². The van der Waals surface area contributed by atoms with Gasteiger partial charge in [-0.2, -0.15) is 5.10 Å². The normalized spacial score (nSPS) is 11.4. The Bertz CT molecular complexity index is 565. The summed E-state index contributed by atoms with van der Waals surface area (Å²) in [7, 11) is 0. The molecule has 1 N–H and O–H groups in total. The fourth-order valence-corrected chi connectivity index (χ4v) is 1.45. The topological polar surface area (TPSA) is 24.4 Å². The third kappa shape index (κ3) is 2.91. The first kappa shape index (κ1) is 12.2. The van der Waals surface area contributed by atoms with Crippen molar-refractivity contribution in [1.29, 1.82) is 0 Å². The van der Waals surface area contributed by atoms with Crippen molar-refractivity contribution >= 4 is 11.4 Å². The SMILES string of the molecule is C/C(=N\Nc1ccccc1)c1ccc(F)c(F)c1. The van der Waals surface area contributed by atoms with Gasteiger partial charge in [-0.1, -0.05) is 18.2 Å². The average molecular weight is 246 g/mol. The Balaban J connectivity index is 2.15. The molecule has 0 aliphatic rings. The van der Waals surface area contributed by atoms with Gasteiger partial charge in [-0.05, 0) is 37.3 Å². The standard InChI is InChI=1S/C14H12F2N2/c1-10(11-7-8-13(15)14(16)9-11)17-18-12-5-3-2-4-6-12/h2-9,18H,1H3/b17-10+. The first-order valence-corrected chi connectivity index (χ1v) is 5.47. The molecule has 0 radical (unpaired) electrons. The lowest BCUT2D eigenvalue weighted by molar-refractivity contribution is 0.508. The van der Waals surface area contributed by atoms with E-state index >= 15 is 0 Å². The number of hydrazone groups is 1. The number of rotatable bonds is 3. The quantitative estimate of drug-likeness (QED) is 0.646. The van der Waals surface area contributed by atoms with Gasteiger partial charge in [0.25, 0.3) is 0 Å². The molecule has 0 atom stereocenters. The summed E-state index contributed by atoms with van der Waals surface area (Å²) in [6.07, 6.45) is 0. The summed E-state index contributed by atoms with van der Waals surface area (Å²) < 4.78 is 25.8. The lowest BCUT2D eigenvalue weighted by Crippen LogP contribution is -2.01. The molecule has 0 aliphatic heterocycles. The molecule has 2 aromatic carbocycles. The second kappa shape index (κ2) is 5.40. The minimum atomic E-state index is -0.873. The number of hydrogen-bond acceptors (Lipinski definition) is 2. The number of halogens is 2. The van der Waals surface area contributed by atoms with E-state index in [2.05, 4.69) is 10.5 Å². The number of hydrogen-bond donors (Lipinski definition) is 1. The van der Waals surface area contributed by atoms with Gasteiger partial charge in [0.1, 0.15) is 0 Å². The fourth-order valence-electron chi connectivity index (χ4n) is 1.45. The van der Waals surface area contributed by atoms with Crippen molar-refractivity contribution in [3.05, 3.63) is 65.7 Å². The molecule has 2 aromatic rings. The van der Waals surface area contributed by atoms with Crippen LogP contribution < -0.4 is 5.43 Å². The summed E-state index contributed by atoms with van der Waals surface area (Å²) in [5.74, 6) is -1.73. The molecular weight excluding hydrogens is 234 g/mol. The van der Waals surface area contributed by atoms with E-state index in [0.717, 1.165) is 17.8 Å². The second-order valence-corrected chi connectivity index (χ2v) is 3.80. The van der Waals surface area contributed by atoms with E-state index in [1.807, 2.05) is 30.3 Å². The van der Waals surface area contributed by atoms with Gasteiger partial charge in [0.15, 0.2) is 11.6 Å². The Morgan fingerprint density at radius 3 is 2.39 bits per heavy atom. The van der Waals surface area contributed by atoms with Crippen LogP contribution in [0.2, 0.25) is 0 Å². The number of nitrogens with zero attached hydrogens (tertiary/aromatic N) is 1. The highest BCUT2D eigenvalue weighted by Gasteiger charge is 2.04. The summed E-state index contributed by atoms with van der Waals surface area (Å²) in [6, 6.07) is 13.1. The molecule has 0 spiro atoms. The van der Waals surface area contributed by atoms with Crippen LogP contribution >= 0.6 is 0 Å². The van der Waals surface area contributed by atoms with E-state index in [1.165, 1.54) is 6.07 Å². The van der Waals surface area contributed by atoms with Crippen LogP contribution in [0, 0.1) is 11.6 Å². The van der Waals surface area contributed by atoms with Crippen LogP contribution in [0.15, 0.2) is 53.6 Å². The molecule has 2 nitrogen and oxygen atoms in total. The first-order valence-electron chi connectivity index (χ1n) is 5.47. The summed E-state index contributed by atoms with van der Waals surface area (Å²) in [5, 5.41) is 4.11. The molecule has 2 rings (SSSR count). The van der Waals surface area contributed by atoms with E-state index in [4.69, 9.17) is 0 Å². The molecule has 0 fully saturated rings. The molecule has 0 heterocycles. The van der Waals surface area contributed by atoms with Crippen LogP contribution in [0.25, 0.3) is 0 Å². The maximum Gasteiger partial charge on any atom is 0.159 e. The van der Waals surface area contributed by atoms with E-state index in [1.54, 1.807) is 6.92 Å². The summed E-state index contributed by atoms with van der Waals surface area (Å²) in [4.78, 5) is 0. The van der Waals surface area contributed by atoms with Crippen molar-refractivity contribution in [2.45, 2.75) is 6.92 Å². The molecule has 0 saturated heterocycles. The van der Waals surface area contributed by atoms with E-state index < -0.39 is 11.6 Å². The molecule has 0 saturated carbocycles. The molecule has 4 heteroatoms. The molecule has 0 unspecified atom stereocenters. The van der Waals surface area contributed by atoms with Gasteiger partial charge < -0.3 is 0 Å². The predicted molar refractivity (Wildman–Crippen MR) is 68.6 cm³/mol. The van der Waals surface area contributed by atoms with Crippen molar-refractivity contribution < 1.29 is 8.78 Å². The molecule has 0 aromatic heterocycles. The molecule has 0 amide bonds. The van der Waals surface area contributed by atoms with Crippen molar-refractivity contribution in [3.63, 3.8) is 0 Å². The minimum Gasteiger partial charge on any atom is -0.278 e. The zero-order chi connectivity index (χ0) is 13.0. The Kier molecular flexibility index (Phi) is 3.67. The van der Waals surface area contributed by atoms with Gasteiger partial charge in [0, 0.05) is 5.56 Å². The lowest BCUT2D eigenvalue weighted by atomic mass is 10.1. The minimum absolute atomic E-state index is 0.539. The second-order valence-electron chi connectivity index (χ2n) is 3.80. The number of anilines is 1. The van der Waals surface area contributed by atoms with Gasteiger partial charge in [-0.15, -0.1) is 0 Å². The molecular formula is C14H12F2N2. The Morgan fingerprint density at radius 1 is 1.00 bits per heavy atom. The first-order chi connectivity index (χ1) is 8.66. The zero-order valence-corrected chi connectivity index (χ0v) is 9.82. The number of para-hydroxylation sites is 1. The van der Waals surface area contributed by atoms with Crippen LogP contribution in [0.1, 0.15) is 12.5 Å². The number of nitrogens with one attached hydrogen (secondary N) is 1. The van der Waals surface area contributed by atoms with Crippen molar-refractivity contribution in [1.82, 2.24) is 0 Å². The van der Waals surface area contributed by atoms with Gasteiger partial charge in [-0.25, -0.2) is 8.78 Å². The monoisotopic (exact) mass is 246 g/mol. The molecule has 0 bridgehead atoms. The zero-order valence-electron chi connectivity index (χ0n) is 9.82. The highest BCUT2D eigenvalue weighted by Crippen LogP contribution is 2.10. The fraction of sp³-hybridized carbons (Fsp3) is 0.0714. The predicted octanol–water partition coefficient (Wildman–Crippen LogP) is 3.80. The lowest BCUT2D eigenvalue weighted by Gasteiger charge is -2.04. The maximum absolute atomic E-state index is 13.1. The highest BCUT2D eigenvalue weighted by molar-refractivity contribution is 5.99. The summed E-state index contributed by atoms with van der Waals surface area (Å²) >= 11 is 0.